The number of aromatic nitrogens is 3. The van der Waals surface area contributed by atoms with E-state index in [9.17, 15) is 0 Å². The van der Waals surface area contributed by atoms with Gasteiger partial charge in [-0.3, -0.25) is 0 Å². The van der Waals surface area contributed by atoms with Crippen LogP contribution in [-0.4, -0.2) is 39.6 Å². The molecule has 2 heterocycles. The molecule has 0 atom stereocenters. The maximum Gasteiger partial charge on any atom is 0.238 e. The molecule has 7 heteroatoms. The molecule has 0 aliphatic carbocycles. The quantitative estimate of drug-likeness (QED) is 0.343. The van der Waals surface area contributed by atoms with Crippen LogP contribution in [0.2, 0.25) is 5.15 Å². The minimum absolute atomic E-state index is 0.418. The highest BCUT2D eigenvalue weighted by Gasteiger charge is 2.09. The summed E-state index contributed by atoms with van der Waals surface area (Å²) in [4.78, 5) is 10.8. The molecule has 0 aliphatic heterocycles. The number of aryl methyl sites for hydroxylation is 2. The van der Waals surface area contributed by atoms with Gasteiger partial charge in [0, 0.05) is 25.9 Å². The molecule has 0 amide bonds. The van der Waals surface area contributed by atoms with Crippen molar-refractivity contribution < 1.29 is 4.74 Å². The molecule has 1 aromatic carbocycles. The maximum absolute atomic E-state index is 5.97. The minimum Gasteiger partial charge on any atom is -0.437 e. The lowest BCUT2D eigenvalue weighted by atomic mass is 10.1. The predicted molar refractivity (Wildman–Crippen MR) is 109 cm³/mol. The molecule has 140 valence electrons. The molecule has 27 heavy (non-hydrogen) atoms. The number of pyridine rings is 1. The van der Waals surface area contributed by atoms with Crippen molar-refractivity contribution in [1.82, 2.24) is 19.7 Å². The summed E-state index contributed by atoms with van der Waals surface area (Å²) >= 11 is 5.94. The van der Waals surface area contributed by atoms with Crippen LogP contribution < -0.4 is 4.74 Å². The Balaban J connectivity index is 1.80. The molecule has 3 aromatic rings. The fourth-order valence-electron chi connectivity index (χ4n) is 2.39. The Kier molecular flexibility index (Phi) is 5.76. The average Bonchev–Trinajstić information content (AvgIpc) is 3.11. The minimum atomic E-state index is 0.418. The van der Waals surface area contributed by atoms with Crippen molar-refractivity contribution in [3.05, 3.63) is 58.9 Å². The summed E-state index contributed by atoms with van der Waals surface area (Å²) in [6.07, 6.45) is 3.62. The summed E-state index contributed by atoms with van der Waals surface area (Å²) in [5.74, 6) is 1.87. The van der Waals surface area contributed by atoms with E-state index in [0.717, 1.165) is 29.1 Å². The molecule has 0 radical (unpaired) electrons. The van der Waals surface area contributed by atoms with Gasteiger partial charge in [-0.25, -0.2) is 14.7 Å². The third-order valence-electron chi connectivity index (χ3n) is 4.10. The number of hydrogen-bond acceptors (Lipinski definition) is 4. The second kappa shape index (κ2) is 8.22. The standard InChI is InChI=1S/C20H22ClN5O/c1-5-25(4)13-22-16-11-15(3)17(12-14(16)2)27-20-9-10-26(24-20)19-8-6-7-18(21)23-19/h6-13H,5H2,1-4H3. The molecule has 0 saturated carbocycles. The highest BCUT2D eigenvalue weighted by Crippen LogP contribution is 2.31. The van der Waals surface area contributed by atoms with Crippen LogP contribution in [0.1, 0.15) is 18.1 Å². The van der Waals surface area contributed by atoms with Crippen molar-refractivity contribution >= 4 is 23.6 Å². The van der Waals surface area contributed by atoms with Crippen molar-refractivity contribution in [3.8, 4) is 17.4 Å². The Bertz CT molecular complexity index is 967. The second-order valence-corrected chi connectivity index (χ2v) is 6.63. The number of rotatable bonds is 6. The molecule has 3 rings (SSSR count). The van der Waals surface area contributed by atoms with E-state index in [4.69, 9.17) is 16.3 Å². The van der Waals surface area contributed by atoms with Gasteiger partial charge in [0.2, 0.25) is 5.88 Å². The first kappa shape index (κ1) is 18.9. The van der Waals surface area contributed by atoms with E-state index >= 15 is 0 Å². The molecule has 0 N–H and O–H groups in total. The monoisotopic (exact) mass is 383 g/mol. The van der Waals surface area contributed by atoms with Crippen LogP contribution in [-0.2, 0) is 0 Å². The van der Waals surface area contributed by atoms with Crippen molar-refractivity contribution in [3.63, 3.8) is 0 Å². The van der Waals surface area contributed by atoms with Gasteiger partial charge in [0.15, 0.2) is 5.82 Å². The first-order chi connectivity index (χ1) is 13.0. The van der Waals surface area contributed by atoms with Crippen LogP contribution in [0.5, 0.6) is 11.6 Å². The van der Waals surface area contributed by atoms with Gasteiger partial charge in [-0.2, -0.15) is 0 Å². The average molecular weight is 384 g/mol. The third-order valence-corrected chi connectivity index (χ3v) is 4.31. The summed E-state index contributed by atoms with van der Waals surface area (Å²) in [5, 5.41) is 4.84. The van der Waals surface area contributed by atoms with E-state index in [0.29, 0.717) is 16.9 Å². The summed E-state index contributed by atoms with van der Waals surface area (Å²) in [6, 6.07) is 11.2. The van der Waals surface area contributed by atoms with Crippen molar-refractivity contribution in [2.45, 2.75) is 20.8 Å². The van der Waals surface area contributed by atoms with E-state index in [1.807, 2.05) is 56.4 Å². The number of hydrogen-bond donors (Lipinski definition) is 0. The summed E-state index contributed by atoms with van der Waals surface area (Å²) in [7, 11) is 1.99. The lowest BCUT2D eigenvalue weighted by Gasteiger charge is -2.11. The molecule has 0 unspecified atom stereocenters. The zero-order valence-corrected chi connectivity index (χ0v) is 16.6. The van der Waals surface area contributed by atoms with Crippen LogP contribution in [0.3, 0.4) is 0 Å². The topological polar surface area (TPSA) is 55.5 Å². The zero-order chi connectivity index (χ0) is 19.4. The smallest absolute Gasteiger partial charge is 0.238 e. The van der Waals surface area contributed by atoms with Gasteiger partial charge in [0.25, 0.3) is 0 Å². The first-order valence-electron chi connectivity index (χ1n) is 8.68. The fraction of sp³-hybridized carbons (Fsp3) is 0.250. The molecule has 0 aliphatic rings. The maximum atomic E-state index is 5.97. The van der Waals surface area contributed by atoms with Gasteiger partial charge in [0.05, 0.1) is 12.0 Å². The number of halogens is 1. The Hall–Kier alpha value is -2.86. The highest BCUT2D eigenvalue weighted by molar-refractivity contribution is 6.29. The van der Waals surface area contributed by atoms with Crippen LogP contribution in [0.4, 0.5) is 5.69 Å². The number of aliphatic imine (C=N–C) groups is 1. The molecule has 6 nitrogen and oxygen atoms in total. The van der Waals surface area contributed by atoms with Crippen LogP contribution in [0.25, 0.3) is 5.82 Å². The molecule has 0 bridgehead atoms. The number of nitrogens with zero attached hydrogens (tertiary/aromatic N) is 5. The Labute approximate surface area is 164 Å². The first-order valence-corrected chi connectivity index (χ1v) is 9.06. The lowest BCUT2D eigenvalue weighted by Crippen LogP contribution is -2.14. The molecule has 0 spiro atoms. The van der Waals surface area contributed by atoms with Gasteiger partial charge in [0.1, 0.15) is 10.9 Å². The lowest BCUT2D eigenvalue weighted by molar-refractivity contribution is 0.453. The van der Waals surface area contributed by atoms with Crippen LogP contribution in [0, 0.1) is 13.8 Å². The largest absolute Gasteiger partial charge is 0.437 e. The number of ether oxygens (including phenoxy) is 1. The Morgan fingerprint density at radius 1 is 1.22 bits per heavy atom. The predicted octanol–water partition coefficient (Wildman–Crippen LogP) is 4.94. The van der Waals surface area contributed by atoms with Crippen molar-refractivity contribution in [2.75, 3.05) is 13.6 Å². The fourth-order valence-corrected chi connectivity index (χ4v) is 2.55. The summed E-state index contributed by atoms with van der Waals surface area (Å²) < 4.78 is 7.60. The number of benzene rings is 1. The molecule has 0 fully saturated rings. The SMILES string of the molecule is CCN(C)C=Nc1cc(C)c(Oc2ccn(-c3cccc(Cl)n3)n2)cc1C. The zero-order valence-electron chi connectivity index (χ0n) is 15.8. The van der Waals surface area contributed by atoms with Gasteiger partial charge in [-0.15, -0.1) is 5.10 Å². The van der Waals surface area contributed by atoms with Crippen molar-refractivity contribution in [2.24, 2.45) is 4.99 Å². The second-order valence-electron chi connectivity index (χ2n) is 6.24. The molecular weight excluding hydrogens is 362 g/mol. The van der Waals surface area contributed by atoms with Gasteiger partial charge in [-0.1, -0.05) is 17.7 Å². The van der Waals surface area contributed by atoms with E-state index in [2.05, 4.69) is 22.0 Å². The van der Waals surface area contributed by atoms with Crippen LogP contribution in [0.15, 0.2) is 47.6 Å². The van der Waals surface area contributed by atoms with Crippen LogP contribution >= 0.6 is 11.6 Å². The summed E-state index contributed by atoms with van der Waals surface area (Å²) in [6.45, 7) is 7.00. The third kappa shape index (κ3) is 4.65. The Morgan fingerprint density at radius 3 is 2.78 bits per heavy atom. The van der Waals surface area contributed by atoms with Gasteiger partial charge < -0.3 is 9.64 Å². The molecule has 0 saturated heterocycles. The summed E-state index contributed by atoms with van der Waals surface area (Å²) in [5.41, 5.74) is 2.95. The highest BCUT2D eigenvalue weighted by atomic mass is 35.5. The van der Waals surface area contributed by atoms with E-state index in [1.54, 1.807) is 23.0 Å². The Morgan fingerprint density at radius 2 is 2.04 bits per heavy atom. The molecular formula is C20H22ClN5O. The van der Waals surface area contributed by atoms with Gasteiger partial charge in [-0.05, 0) is 56.2 Å². The van der Waals surface area contributed by atoms with Crippen molar-refractivity contribution in [1.29, 1.82) is 0 Å². The normalized spacial score (nSPS) is 11.1. The van der Waals surface area contributed by atoms with E-state index < -0.39 is 0 Å². The van der Waals surface area contributed by atoms with E-state index in [-0.39, 0.29) is 0 Å². The van der Waals surface area contributed by atoms with Gasteiger partial charge >= 0.3 is 0 Å². The molecule has 2 aromatic heterocycles. The van der Waals surface area contributed by atoms with E-state index in [1.165, 1.54) is 0 Å².